The van der Waals surface area contributed by atoms with Gasteiger partial charge in [-0.25, -0.2) is 0 Å². The highest BCUT2D eigenvalue weighted by Crippen LogP contribution is 2.36. The predicted molar refractivity (Wildman–Crippen MR) is 65.4 cm³/mol. The average Bonchev–Trinajstić information content (AvgIpc) is 2.60. The summed E-state index contributed by atoms with van der Waals surface area (Å²) in [6.45, 7) is 7.92. The van der Waals surface area contributed by atoms with E-state index in [9.17, 15) is 0 Å². The SMILES string of the molecule is C=c1cc2sc3cc(=C)sc3c2s1. The number of thiophene rings is 3. The van der Waals surface area contributed by atoms with Gasteiger partial charge in [-0.1, -0.05) is 13.2 Å². The standard InChI is InChI=1S/C10H6S3/c1-5-3-7-9(11-5)10-8(13-7)4-6(2)12-10/h3-4H,1-2H2. The molecule has 3 heteroatoms. The second-order valence-electron chi connectivity index (χ2n) is 2.91. The van der Waals surface area contributed by atoms with Crippen LogP contribution in [0.5, 0.6) is 0 Å². The first-order chi connectivity index (χ1) is 6.24. The normalized spacial score (nSPS) is 11.7. The molecule has 0 unspecified atom stereocenters. The van der Waals surface area contributed by atoms with Crippen LogP contribution in [-0.2, 0) is 0 Å². The van der Waals surface area contributed by atoms with Crippen molar-refractivity contribution in [3.05, 3.63) is 21.2 Å². The Bertz CT molecular complexity index is 622. The Morgan fingerprint density at radius 3 is 1.69 bits per heavy atom. The molecule has 3 aromatic heterocycles. The second kappa shape index (κ2) is 2.44. The molecule has 0 radical (unpaired) electrons. The summed E-state index contributed by atoms with van der Waals surface area (Å²) in [5.74, 6) is 0. The summed E-state index contributed by atoms with van der Waals surface area (Å²) in [4.78, 5) is 0. The number of fused-ring (bicyclic) bond motifs is 3. The van der Waals surface area contributed by atoms with Gasteiger partial charge < -0.3 is 0 Å². The van der Waals surface area contributed by atoms with Crippen molar-refractivity contribution in [2.24, 2.45) is 0 Å². The molecule has 3 aromatic rings. The number of hydrogen-bond acceptors (Lipinski definition) is 3. The van der Waals surface area contributed by atoms with Gasteiger partial charge >= 0.3 is 0 Å². The molecular formula is C10H6S3. The third-order valence-electron chi connectivity index (χ3n) is 1.92. The first-order valence-electron chi connectivity index (χ1n) is 3.84. The zero-order chi connectivity index (χ0) is 9.00. The van der Waals surface area contributed by atoms with E-state index in [1.54, 1.807) is 22.7 Å². The van der Waals surface area contributed by atoms with E-state index in [2.05, 4.69) is 25.3 Å². The summed E-state index contributed by atoms with van der Waals surface area (Å²) in [5, 5.41) is 0. The summed E-state index contributed by atoms with van der Waals surface area (Å²) in [6.07, 6.45) is 0. The Morgan fingerprint density at radius 2 is 1.23 bits per heavy atom. The maximum Gasteiger partial charge on any atom is 0.0635 e. The topological polar surface area (TPSA) is 0 Å². The van der Waals surface area contributed by atoms with Crippen molar-refractivity contribution in [1.29, 1.82) is 0 Å². The highest BCUT2D eigenvalue weighted by Gasteiger charge is 2.07. The summed E-state index contributed by atoms with van der Waals surface area (Å²) < 4.78 is 7.84. The van der Waals surface area contributed by atoms with E-state index in [4.69, 9.17) is 0 Å². The summed E-state index contributed by atoms with van der Waals surface area (Å²) in [6, 6.07) is 4.33. The van der Waals surface area contributed by atoms with E-state index in [0.29, 0.717) is 0 Å². The van der Waals surface area contributed by atoms with Gasteiger partial charge in [0.1, 0.15) is 0 Å². The predicted octanol–water partition coefficient (Wildman–Crippen LogP) is 3.00. The third-order valence-corrected chi connectivity index (χ3v) is 5.41. The molecule has 3 heterocycles. The van der Waals surface area contributed by atoms with Crippen molar-refractivity contribution in [2.45, 2.75) is 0 Å². The fraction of sp³-hybridized carbons (Fsp3) is 0. The van der Waals surface area contributed by atoms with Gasteiger partial charge in [-0.2, -0.15) is 0 Å². The molecule has 0 aromatic carbocycles. The molecule has 0 aliphatic rings. The molecular weight excluding hydrogens is 216 g/mol. The van der Waals surface area contributed by atoms with Gasteiger partial charge in [0.25, 0.3) is 0 Å². The van der Waals surface area contributed by atoms with Crippen LogP contribution in [0, 0.1) is 0 Å². The lowest BCUT2D eigenvalue weighted by Gasteiger charge is -1.72. The minimum Gasteiger partial charge on any atom is -0.134 e. The Hall–Kier alpha value is -0.640. The molecule has 0 fully saturated rings. The minimum absolute atomic E-state index is 1.15. The molecule has 3 rings (SSSR count). The van der Waals surface area contributed by atoms with E-state index >= 15 is 0 Å². The molecule has 0 bridgehead atoms. The highest BCUT2D eigenvalue weighted by molar-refractivity contribution is 7.37. The van der Waals surface area contributed by atoms with E-state index < -0.39 is 0 Å². The molecule has 64 valence electrons. The van der Waals surface area contributed by atoms with Crippen molar-refractivity contribution < 1.29 is 0 Å². The molecule has 0 nitrogen and oxygen atoms in total. The van der Waals surface area contributed by atoms with Crippen molar-refractivity contribution in [2.75, 3.05) is 0 Å². The monoisotopic (exact) mass is 222 g/mol. The van der Waals surface area contributed by atoms with E-state index in [-0.39, 0.29) is 0 Å². The molecule has 0 saturated heterocycles. The summed E-state index contributed by atoms with van der Waals surface area (Å²) >= 11 is 5.41. The third kappa shape index (κ3) is 1.01. The molecule has 0 saturated carbocycles. The lowest BCUT2D eigenvalue weighted by molar-refractivity contribution is 2.06. The van der Waals surface area contributed by atoms with Crippen LogP contribution >= 0.6 is 34.0 Å². The Labute approximate surface area is 87.1 Å². The van der Waals surface area contributed by atoms with E-state index in [1.165, 1.54) is 18.8 Å². The first kappa shape index (κ1) is 7.74. The minimum atomic E-state index is 1.15. The number of hydrogen-bond donors (Lipinski definition) is 0. The molecule has 0 amide bonds. The van der Waals surface area contributed by atoms with Gasteiger partial charge in [0, 0.05) is 18.5 Å². The van der Waals surface area contributed by atoms with Gasteiger partial charge in [-0.05, 0) is 12.1 Å². The Morgan fingerprint density at radius 1 is 0.769 bits per heavy atom. The van der Waals surface area contributed by atoms with Crippen LogP contribution in [-0.4, -0.2) is 0 Å². The van der Waals surface area contributed by atoms with Crippen LogP contribution in [0.1, 0.15) is 0 Å². The van der Waals surface area contributed by atoms with Crippen LogP contribution in [0.3, 0.4) is 0 Å². The van der Waals surface area contributed by atoms with E-state index in [0.717, 1.165) is 9.06 Å². The maximum atomic E-state index is 3.96. The van der Waals surface area contributed by atoms with Crippen molar-refractivity contribution in [1.82, 2.24) is 0 Å². The Balaban J connectivity index is 2.71. The molecule has 0 N–H and O–H groups in total. The lowest BCUT2D eigenvalue weighted by atomic mass is 10.5. The lowest BCUT2D eigenvalue weighted by Crippen LogP contribution is -1.78. The van der Waals surface area contributed by atoms with Gasteiger partial charge in [0.15, 0.2) is 0 Å². The quantitative estimate of drug-likeness (QED) is 0.548. The van der Waals surface area contributed by atoms with Crippen LogP contribution in [0.2, 0.25) is 0 Å². The smallest absolute Gasteiger partial charge is 0.0635 e. The molecule has 13 heavy (non-hydrogen) atoms. The Kier molecular flexibility index (Phi) is 1.45. The molecule has 0 atom stereocenters. The van der Waals surface area contributed by atoms with Crippen LogP contribution in [0.4, 0.5) is 0 Å². The van der Waals surface area contributed by atoms with Gasteiger partial charge in [0.2, 0.25) is 0 Å². The van der Waals surface area contributed by atoms with Gasteiger partial charge in [-0.15, -0.1) is 34.0 Å². The summed E-state index contributed by atoms with van der Waals surface area (Å²) in [7, 11) is 0. The molecule has 0 spiro atoms. The van der Waals surface area contributed by atoms with Crippen LogP contribution < -0.4 is 9.06 Å². The van der Waals surface area contributed by atoms with Crippen LogP contribution in [0.25, 0.3) is 32.0 Å². The van der Waals surface area contributed by atoms with E-state index in [1.807, 2.05) is 11.3 Å². The van der Waals surface area contributed by atoms with Gasteiger partial charge in [-0.3, -0.25) is 0 Å². The van der Waals surface area contributed by atoms with Crippen molar-refractivity contribution >= 4 is 66.0 Å². The summed E-state index contributed by atoms with van der Waals surface area (Å²) in [5.41, 5.74) is 0. The first-order valence-corrected chi connectivity index (χ1v) is 6.29. The maximum absolute atomic E-state index is 3.96. The van der Waals surface area contributed by atoms with Crippen molar-refractivity contribution in [3.63, 3.8) is 0 Å². The van der Waals surface area contributed by atoms with Crippen molar-refractivity contribution in [3.8, 4) is 0 Å². The fourth-order valence-electron chi connectivity index (χ4n) is 1.43. The molecule has 0 aliphatic carbocycles. The average molecular weight is 222 g/mol. The van der Waals surface area contributed by atoms with Crippen LogP contribution in [0.15, 0.2) is 12.1 Å². The van der Waals surface area contributed by atoms with Gasteiger partial charge in [0.05, 0.1) is 9.40 Å². The highest BCUT2D eigenvalue weighted by atomic mass is 32.1. The molecule has 0 aliphatic heterocycles. The fourth-order valence-corrected chi connectivity index (χ4v) is 5.09. The zero-order valence-electron chi connectivity index (χ0n) is 6.79. The zero-order valence-corrected chi connectivity index (χ0v) is 9.24. The number of rotatable bonds is 0. The largest absolute Gasteiger partial charge is 0.134 e. The second-order valence-corrected chi connectivity index (χ2v) is 6.27.